The lowest BCUT2D eigenvalue weighted by molar-refractivity contribution is 0.102. The second kappa shape index (κ2) is 5.14. The first-order valence-corrected chi connectivity index (χ1v) is 6.23. The maximum Gasteiger partial charge on any atom is 0.255 e. The summed E-state index contributed by atoms with van der Waals surface area (Å²) in [5.41, 5.74) is 0.182. The van der Waals surface area contributed by atoms with E-state index in [1.165, 1.54) is 12.1 Å². The second-order valence-electron chi connectivity index (χ2n) is 4.57. The second-order valence-corrected chi connectivity index (χ2v) is 4.57. The Balaban J connectivity index is 1.91. The van der Waals surface area contributed by atoms with E-state index in [-0.39, 0.29) is 5.56 Å². The van der Waals surface area contributed by atoms with Gasteiger partial charge in [-0.05, 0) is 31.2 Å². The van der Waals surface area contributed by atoms with Crippen molar-refractivity contribution < 1.29 is 18.0 Å². The summed E-state index contributed by atoms with van der Waals surface area (Å²) >= 11 is 0. The molecule has 3 aromatic rings. The van der Waals surface area contributed by atoms with Crippen molar-refractivity contribution >= 4 is 17.2 Å². The first-order valence-electron chi connectivity index (χ1n) is 6.23. The molecule has 1 amide bonds. The fraction of sp³-hybridized carbons (Fsp3) is 0.0714. The van der Waals surface area contributed by atoms with E-state index in [2.05, 4.69) is 15.5 Å². The quantitative estimate of drug-likeness (QED) is 0.741. The van der Waals surface area contributed by atoms with E-state index in [4.69, 9.17) is 0 Å². The molecule has 0 aliphatic rings. The number of fused-ring (bicyclic) bond motifs is 1. The van der Waals surface area contributed by atoms with Crippen LogP contribution in [0.1, 0.15) is 16.2 Å². The smallest absolute Gasteiger partial charge is 0.255 e. The molecule has 0 saturated heterocycles. The van der Waals surface area contributed by atoms with Crippen molar-refractivity contribution in [2.45, 2.75) is 6.92 Å². The molecule has 0 aliphatic carbocycles. The number of carbonyl (C=O) groups excluding carboxylic acids is 1. The van der Waals surface area contributed by atoms with Gasteiger partial charge in [0.05, 0.1) is 5.69 Å². The van der Waals surface area contributed by atoms with E-state index in [0.29, 0.717) is 11.5 Å². The number of pyridine rings is 1. The highest BCUT2D eigenvalue weighted by Crippen LogP contribution is 2.20. The topological polar surface area (TPSA) is 59.3 Å². The number of halogens is 3. The molecule has 0 bridgehead atoms. The van der Waals surface area contributed by atoms with Crippen LogP contribution < -0.4 is 5.32 Å². The van der Waals surface area contributed by atoms with Crippen LogP contribution in [0.4, 0.5) is 18.9 Å². The average molecular weight is 306 g/mol. The molecule has 22 heavy (non-hydrogen) atoms. The van der Waals surface area contributed by atoms with Gasteiger partial charge in [-0.2, -0.15) is 0 Å². The van der Waals surface area contributed by atoms with Gasteiger partial charge in [0, 0.05) is 11.8 Å². The number of aromatic nitrogens is 3. The summed E-state index contributed by atoms with van der Waals surface area (Å²) < 4.78 is 41.2. The van der Waals surface area contributed by atoms with Crippen LogP contribution >= 0.6 is 0 Å². The Kier molecular flexibility index (Phi) is 3.28. The zero-order valence-corrected chi connectivity index (χ0v) is 11.3. The molecule has 1 aromatic carbocycles. The summed E-state index contributed by atoms with van der Waals surface area (Å²) in [6.45, 7) is 1.75. The molecule has 3 rings (SSSR count). The summed E-state index contributed by atoms with van der Waals surface area (Å²) in [6, 6.07) is 4.62. The van der Waals surface area contributed by atoms with Gasteiger partial charge in [0.25, 0.3) is 5.91 Å². The molecule has 2 heterocycles. The van der Waals surface area contributed by atoms with Crippen LogP contribution in [0, 0.1) is 24.4 Å². The zero-order valence-electron chi connectivity index (χ0n) is 11.3. The molecule has 0 spiro atoms. The normalized spacial score (nSPS) is 10.9. The number of aryl methyl sites for hydroxylation is 1. The molecule has 0 radical (unpaired) electrons. The number of rotatable bonds is 2. The van der Waals surface area contributed by atoms with Gasteiger partial charge in [0.1, 0.15) is 5.82 Å². The highest BCUT2D eigenvalue weighted by atomic mass is 19.2. The Morgan fingerprint density at radius 2 is 1.91 bits per heavy atom. The van der Waals surface area contributed by atoms with Gasteiger partial charge in [0.2, 0.25) is 0 Å². The molecule has 0 saturated carbocycles. The summed E-state index contributed by atoms with van der Waals surface area (Å²) in [5.74, 6) is -4.44. The molecule has 0 atom stereocenters. The van der Waals surface area contributed by atoms with Crippen LogP contribution in [0.25, 0.3) is 5.65 Å². The number of amides is 1. The molecule has 112 valence electrons. The third kappa shape index (κ3) is 2.28. The Morgan fingerprint density at radius 3 is 2.68 bits per heavy atom. The standard InChI is InChI=1S/C14H9F3N4O/c1-7-19-20-11-6-8(4-5-21(7)11)14(22)18-10-3-2-9(15)12(16)13(10)17/h2-6H,1H3,(H,18,22). The Bertz CT molecular complexity index is 891. The van der Waals surface area contributed by atoms with Crippen molar-refractivity contribution in [3.8, 4) is 0 Å². The maximum atomic E-state index is 13.5. The third-order valence-corrected chi connectivity index (χ3v) is 3.13. The number of hydrogen-bond donors (Lipinski definition) is 1. The summed E-state index contributed by atoms with van der Waals surface area (Å²) in [4.78, 5) is 12.1. The third-order valence-electron chi connectivity index (χ3n) is 3.13. The Morgan fingerprint density at radius 1 is 1.14 bits per heavy atom. The first-order chi connectivity index (χ1) is 10.5. The minimum absolute atomic E-state index is 0.184. The van der Waals surface area contributed by atoms with E-state index in [1.54, 1.807) is 17.5 Å². The number of carbonyl (C=O) groups is 1. The summed E-state index contributed by atoms with van der Waals surface area (Å²) in [7, 11) is 0. The molecule has 5 nitrogen and oxygen atoms in total. The molecular formula is C14H9F3N4O. The molecular weight excluding hydrogens is 297 g/mol. The lowest BCUT2D eigenvalue weighted by Gasteiger charge is -2.07. The fourth-order valence-corrected chi connectivity index (χ4v) is 1.97. The highest BCUT2D eigenvalue weighted by Gasteiger charge is 2.16. The predicted molar refractivity (Wildman–Crippen MR) is 72.0 cm³/mol. The van der Waals surface area contributed by atoms with Gasteiger partial charge in [-0.15, -0.1) is 10.2 Å². The summed E-state index contributed by atoms with van der Waals surface area (Å²) in [5, 5.41) is 9.89. The number of anilines is 1. The van der Waals surface area contributed by atoms with E-state index in [9.17, 15) is 18.0 Å². The van der Waals surface area contributed by atoms with Crippen molar-refractivity contribution in [3.63, 3.8) is 0 Å². The lowest BCUT2D eigenvalue weighted by atomic mass is 10.2. The van der Waals surface area contributed by atoms with Crippen LogP contribution in [-0.2, 0) is 0 Å². The van der Waals surface area contributed by atoms with Gasteiger partial charge in [-0.3, -0.25) is 9.20 Å². The van der Waals surface area contributed by atoms with Crippen molar-refractivity contribution in [1.29, 1.82) is 0 Å². The fourth-order valence-electron chi connectivity index (χ4n) is 1.97. The summed E-state index contributed by atoms with van der Waals surface area (Å²) in [6.07, 6.45) is 1.58. The van der Waals surface area contributed by atoms with Crippen LogP contribution in [0.3, 0.4) is 0 Å². The van der Waals surface area contributed by atoms with Crippen molar-refractivity contribution in [1.82, 2.24) is 14.6 Å². The SMILES string of the molecule is Cc1nnc2cc(C(=O)Nc3ccc(F)c(F)c3F)ccn12. The molecule has 1 N–H and O–H groups in total. The molecule has 0 fully saturated rings. The minimum Gasteiger partial charge on any atom is -0.319 e. The van der Waals surface area contributed by atoms with E-state index in [1.807, 2.05) is 0 Å². The van der Waals surface area contributed by atoms with Gasteiger partial charge in [-0.25, -0.2) is 13.2 Å². The zero-order chi connectivity index (χ0) is 15.9. The van der Waals surface area contributed by atoms with E-state index >= 15 is 0 Å². The number of nitrogens with zero attached hydrogens (tertiary/aromatic N) is 3. The lowest BCUT2D eigenvalue weighted by Crippen LogP contribution is -2.14. The first kappa shape index (κ1) is 14.1. The average Bonchev–Trinajstić information content (AvgIpc) is 2.88. The van der Waals surface area contributed by atoms with Gasteiger partial charge in [-0.1, -0.05) is 0 Å². The van der Waals surface area contributed by atoms with Gasteiger partial charge in [0.15, 0.2) is 23.1 Å². The monoisotopic (exact) mass is 306 g/mol. The Hall–Kier alpha value is -2.90. The number of hydrogen-bond acceptors (Lipinski definition) is 3. The number of benzene rings is 1. The van der Waals surface area contributed by atoms with Gasteiger partial charge >= 0.3 is 0 Å². The molecule has 8 heteroatoms. The molecule has 2 aromatic heterocycles. The molecule has 0 aliphatic heterocycles. The number of nitrogens with one attached hydrogen (secondary N) is 1. The van der Waals surface area contributed by atoms with Crippen LogP contribution in [0.5, 0.6) is 0 Å². The minimum atomic E-state index is -1.64. The van der Waals surface area contributed by atoms with Crippen molar-refractivity contribution in [2.24, 2.45) is 0 Å². The highest BCUT2D eigenvalue weighted by molar-refractivity contribution is 6.04. The van der Waals surface area contributed by atoms with Crippen molar-refractivity contribution in [2.75, 3.05) is 5.32 Å². The van der Waals surface area contributed by atoms with E-state index < -0.39 is 29.0 Å². The van der Waals surface area contributed by atoms with Gasteiger partial charge < -0.3 is 5.32 Å². The largest absolute Gasteiger partial charge is 0.319 e. The van der Waals surface area contributed by atoms with Crippen LogP contribution in [0.2, 0.25) is 0 Å². The van der Waals surface area contributed by atoms with Crippen LogP contribution in [-0.4, -0.2) is 20.5 Å². The Labute approximate surface area is 122 Å². The van der Waals surface area contributed by atoms with E-state index in [0.717, 1.165) is 12.1 Å². The predicted octanol–water partition coefficient (Wildman–Crippen LogP) is 2.71. The van der Waals surface area contributed by atoms with Crippen LogP contribution in [0.15, 0.2) is 30.5 Å². The van der Waals surface area contributed by atoms with Crippen molar-refractivity contribution in [3.05, 3.63) is 59.3 Å². The molecule has 0 unspecified atom stereocenters. The maximum absolute atomic E-state index is 13.5.